The van der Waals surface area contributed by atoms with Gasteiger partial charge in [0.2, 0.25) is 0 Å². The number of nitrogens with one attached hydrogen (secondary N) is 1. The highest BCUT2D eigenvalue weighted by atomic mass is 32.2. The Balaban J connectivity index is 1.71. The number of hydrogen-bond donors (Lipinski definition) is 1. The van der Waals surface area contributed by atoms with Crippen molar-refractivity contribution >= 4 is 44.7 Å². The second-order valence-corrected chi connectivity index (χ2v) is 10.2. The molecule has 3 heterocycles. The first-order valence-electron chi connectivity index (χ1n) is 8.02. The first-order chi connectivity index (χ1) is 11.5. The van der Waals surface area contributed by atoms with Crippen LogP contribution in [0.2, 0.25) is 0 Å². The Kier molecular flexibility index (Phi) is 4.22. The fourth-order valence-corrected chi connectivity index (χ4v) is 6.50. The third kappa shape index (κ3) is 2.91. The lowest BCUT2D eigenvalue weighted by Gasteiger charge is -2.17. The van der Waals surface area contributed by atoms with Crippen molar-refractivity contribution in [3.63, 3.8) is 0 Å². The van der Waals surface area contributed by atoms with Crippen molar-refractivity contribution in [1.82, 2.24) is 20.2 Å². The van der Waals surface area contributed by atoms with Gasteiger partial charge in [0.15, 0.2) is 4.34 Å². The lowest BCUT2D eigenvalue weighted by molar-refractivity contribution is 0.509. The molecule has 0 radical (unpaired) electrons. The van der Waals surface area contributed by atoms with Crippen molar-refractivity contribution < 1.29 is 0 Å². The SMILES string of the molecule is Cc1nnc(S[C@@H](C)c2nc3sc4c(c3c(=O)[nH]2)CC[C@H](C)C4)s1. The van der Waals surface area contributed by atoms with Crippen LogP contribution in [0.3, 0.4) is 0 Å². The van der Waals surface area contributed by atoms with Crippen molar-refractivity contribution in [2.24, 2.45) is 5.92 Å². The largest absolute Gasteiger partial charge is 0.309 e. The van der Waals surface area contributed by atoms with Crippen LogP contribution in [0.1, 0.15) is 46.8 Å². The molecule has 0 amide bonds. The monoisotopic (exact) mass is 378 g/mol. The molecule has 1 N–H and O–H groups in total. The van der Waals surface area contributed by atoms with Crippen LogP contribution in [0.25, 0.3) is 10.2 Å². The summed E-state index contributed by atoms with van der Waals surface area (Å²) >= 11 is 4.85. The Hall–Kier alpha value is -1.25. The molecule has 0 saturated heterocycles. The molecule has 3 aromatic rings. The van der Waals surface area contributed by atoms with Gasteiger partial charge >= 0.3 is 0 Å². The van der Waals surface area contributed by atoms with Crippen LogP contribution in [-0.2, 0) is 12.8 Å². The van der Waals surface area contributed by atoms with Crippen LogP contribution >= 0.6 is 34.4 Å². The smallest absolute Gasteiger partial charge is 0.259 e. The first-order valence-corrected chi connectivity index (χ1v) is 10.5. The molecule has 0 spiro atoms. The lowest BCUT2D eigenvalue weighted by atomic mass is 9.89. The number of aromatic nitrogens is 4. The molecule has 8 heteroatoms. The lowest BCUT2D eigenvalue weighted by Crippen LogP contribution is -2.15. The summed E-state index contributed by atoms with van der Waals surface area (Å²) in [4.78, 5) is 22.6. The summed E-state index contributed by atoms with van der Waals surface area (Å²) in [5, 5.41) is 9.98. The van der Waals surface area contributed by atoms with Gasteiger partial charge in [-0.25, -0.2) is 4.98 Å². The molecule has 0 saturated carbocycles. The van der Waals surface area contributed by atoms with Gasteiger partial charge in [-0.15, -0.1) is 21.5 Å². The summed E-state index contributed by atoms with van der Waals surface area (Å²) in [5.74, 6) is 1.41. The fourth-order valence-electron chi connectivity index (χ4n) is 3.09. The molecule has 1 aliphatic rings. The Morgan fingerprint density at radius 2 is 2.17 bits per heavy atom. The molecule has 4 rings (SSSR count). The van der Waals surface area contributed by atoms with Gasteiger partial charge in [0.1, 0.15) is 15.7 Å². The van der Waals surface area contributed by atoms with Crippen LogP contribution < -0.4 is 5.56 Å². The fraction of sp³-hybridized carbons (Fsp3) is 0.500. The molecule has 2 atom stereocenters. The van der Waals surface area contributed by atoms with Crippen molar-refractivity contribution in [3.8, 4) is 0 Å². The zero-order valence-corrected chi connectivity index (χ0v) is 16.2. The summed E-state index contributed by atoms with van der Waals surface area (Å²) < 4.78 is 0.905. The van der Waals surface area contributed by atoms with E-state index < -0.39 is 0 Å². The van der Waals surface area contributed by atoms with Crippen molar-refractivity contribution in [2.75, 3.05) is 0 Å². The molecule has 126 valence electrons. The predicted octanol–water partition coefficient (Wildman–Crippen LogP) is 4.12. The van der Waals surface area contributed by atoms with Gasteiger partial charge in [-0.1, -0.05) is 30.0 Å². The van der Waals surface area contributed by atoms with Gasteiger partial charge in [-0.2, -0.15) is 0 Å². The van der Waals surface area contributed by atoms with Crippen molar-refractivity contribution in [2.45, 2.75) is 49.6 Å². The maximum atomic E-state index is 12.7. The summed E-state index contributed by atoms with van der Waals surface area (Å²) in [6, 6.07) is 0. The number of thiophene rings is 1. The standard InChI is InChI=1S/C16H18N4OS3/c1-7-4-5-10-11(6-7)24-15-12(10)14(21)17-13(18-15)8(2)22-16-20-19-9(3)23-16/h7-8H,4-6H2,1-3H3,(H,17,18,21)/t7-,8-/m0/s1. The van der Waals surface area contributed by atoms with Crippen LogP contribution in [0.4, 0.5) is 0 Å². The summed E-state index contributed by atoms with van der Waals surface area (Å²) in [6.07, 6.45) is 3.22. The van der Waals surface area contributed by atoms with Gasteiger partial charge in [0.05, 0.1) is 10.6 Å². The Labute approximate surface area is 151 Å². The highest BCUT2D eigenvalue weighted by Crippen LogP contribution is 2.38. The van der Waals surface area contributed by atoms with E-state index in [1.54, 1.807) is 34.4 Å². The van der Waals surface area contributed by atoms with E-state index >= 15 is 0 Å². The highest BCUT2D eigenvalue weighted by molar-refractivity contribution is 8.01. The van der Waals surface area contributed by atoms with Gasteiger partial charge in [-0.3, -0.25) is 4.79 Å². The number of nitrogens with zero attached hydrogens (tertiary/aromatic N) is 3. The Morgan fingerprint density at radius 3 is 2.92 bits per heavy atom. The Morgan fingerprint density at radius 1 is 1.33 bits per heavy atom. The quantitative estimate of drug-likeness (QED) is 0.694. The number of aryl methyl sites for hydroxylation is 2. The number of rotatable bonds is 3. The van der Waals surface area contributed by atoms with Crippen LogP contribution in [0.5, 0.6) is 0 Å². The molecule has 0 aromatic carbocycles. The van der Waals surface area contributed by atoms with E-state index in [4.69, 9.17) is 4.98 Å². The zero-order chi connectivity index (χ0) is 16.8. The second kappa shape index (κ2) is 6.24. The normalized spacial score (nSPS) is 18.7. The minimum absolute atomic E-state index is 0.00273. The van der Waals surface area contributed by atoms with E-state index in [1.807, 2.05) is 13.8 Å². The van der Waals surface area contributed by atoms with E-state index in [1.165, 1.54) is 10.4 Å². The zero-order valence-electron chi connectivity index (χ0n) is 13.8. The Bertz CT molecular complexity index is 958. The molecule has 0 aliphatic heterocycles. The van der Waals surface area contributed by atoms with E-state index in [2.05, 4.69) is 22.1 Å². The maximum absolute atomic E-state index is 12.7. The van der Waals surface area contributed by atoms with Crippen LogP contribution in [-0.4, -0.2) is 20.2 Å². The van der Waals surface area contributed by atoms with Crippen LogP contribution in [0, 0.1) is 12.8 Å². The number of thioether (sulfide) groups is 1. The van der Waals surface area contributed by atoms with Crippen LogP contribution in [0.15, 0.2) is 9.13 Å². The second-order valence-electron chi connectivity index (χ2n) is 6.33. The van der Waals surface area contributed by atoms with Gasteiger partial charge < -0.3 is 4.98 Å². The minimum Gasteiger partial charge on any atom is -0.309 e. The van der Waals surface area contributed by atoms with E-state index in [9.17, 15) is 4.79 Å². The number of hydrogen-bond acceptors (Lipinski definition) is 7. The third-order valence-electron chi connectivity index (χ3n) is 4.35. The maximum Gasteiger partial charge on any atom is 0.259 e. The number of H-pyrrole nitrogens is 1. The topological polar surface area (TPSA) is 71.5 Å². The average Bonchev–Trinajstić information content (AvgIpc) is 3.09. The molecule has 0 bridgehead atoms. The first kappa shape index (κ1) is 16.2. The molecule has 1 aliphatic carbocycles. The van der Waals surface area contributed by atoms with Gasteiger partial charge in [0.25, 0.3) is 5.56 Å². The molecular formula is C16H18N4OS3. The van der Waals surface area contributed by atoms with E-state index in [0.29, 0.717) is 5.92 Å². The van der Waals surface area contributed by atoms with Crippen molar-refractivity contribution in [1.29, 1.82) is 0 Å². The highest BCUT2D eigenvalue weighted by Gasteiger charge is 2.24. The average molecular weight is 379 g/mol. The number of fused-ring (bicyclic) bond motifs is 3. The predicted molar refractivity (Wildman–Crippen MR) is 100 cm³/mol. The molecule has 3 aromatic heterocycles. The van der Waals surface area contributed by atoms with Crippen molar-refractivity contribution in [3.05, 3.63) is 31.6 Å². The van der Waals surface area contributed by atoms with E-state index in [0.717, 1.165) is 44.7 Å². The molecule has 5 nitrogen and oxygen atoms in total. The summed E-state index contributed by atoms with van der Waals surface area (Å²) in [5.41, 5.74) is 1.23. The van der Waals surface area contributed by atoms with Gasteiger partial charge in [0, 0.05) is 4.88 Å². The van der Waals surface area contributed by atoms with E-state index in [-0.39, 0.29) is 10.8 Å². The molecule has 24 heavy (non-hydrogen) atoms. The minimum atomic E-state index is 0.00273. The molecule has 0 unspecified atom stereocenters. The number of aromatic amines is 1. The summed E-state index contributed by atoms with van der Waals surface area (Å²) in [7, 11) is 0. The third-order valence-corrected chi connectivity index (χ3v) is 7.53. The molecule has 0 fully saturated rings. The summed E-state index contributed by atoms with van der Waals surface area (Å²) in [6.45, 7) is 6.26. The molecular weight excluding hydrogens is 360 g/mol. The van der Waals surface area contributed by atoms with Gasteiger partial charge in [-0.05, 0) is 44.6 Å².